The van der Waals surface area contributed by atoms with Crippen molar-refractivity contribution in [3.8, 4) is 22.9 Å². The van der Waals surface area contributed by atoms with E-state index >= 15 is 0 Å². The Kier molecular flexibility index (Phi) is 5.33. The van der Waals surface area contributed by atoms with Crippen molar-refractivity contribution in [3.05, 3.63) is 83.7 Å². The number of rotatable bonds is 4. The molecule has 3 heterocycles. The predicted molar refractivity (Wildman–Crippen MR) is 122 cm³/mol. The number of carbonyl (C=O) groups excluding carboxylic acids is 1. The number of phenolic OH excluding ortho intramolecular Hbond substituents is 1. The SMILES string of the molecule is O=C(c1cc(-c2ccco2)n(-c2cccc(Cl)c2)n1)N1CCN(c2cccc(O)c2)CC1. The van der Waals surface area contributed by atoms with Crippen molar-refractivity contribution in [2.75, 3.05) is 31.1 Å². The van der Waals surface area contributed by atoms with E-state index in [0.29, 0.717) is 48.3 Å². The summed E-state index contributed by atoms with van der Waals surface area (Å²) >= 11 is 6.18. The standard InChI is InChI=1S/C24H21ClN4O3/c25-17-4-1-6-19(14-17)29-22(23-8-3-13-32-23)16-21(26-29)24(31)28-11-9-27(10-12-28)18-5-2-7-20(30)15-18/h1-8,13-16,30H,9-12H2. The molecule has 0 unspecified atom stereocenters. The molecule has 162 valence electrons. The van der Waals surface area contributed by atoms with Gasteiger partial charge in [0.15, 0.2) is 11.5 Å². The number of aromatic nitrogens is 2. The molecule has 0 radical (unpaired) electrons. The van der Waals surface area contributed by atoms with Gasteiger partial charge in [-0.05, 0) is 42.5 Å². The zero-order valence-electron chi connectivity index (χ0n) is 17.2. The van der Waals surface area contributed by atoms with Crippen molar-refractivity contribution in [2.24, 2.45) is 0 Å². The molecule has 0 aliphatic carbocycles. The van der Waals surface area contributed by atoms with Gasteiger partial charge in [-0.2, -0.15) is 5.10 Å². The molecular weight excluding hydrogens is 428 g/mol. The molecule has 1 amide bonds. The first-order chi connectivity index (χ1) is 15.6. The number of benzene rings is 2. The van der Waals surface area contributed by atoms with Gasteiger partial charge < -0.3 is 19.3 Å². The average molecular weight is 449 g/mol. The van der Waals surface area contributed by atoms with E-state index in [1.165, 1.54) is 0 Å². The molecule has 2 aromatic heterocycles. The minimum Gasteiger partial charge on any atom is -0.508 e. The Labute approximate surface area is 190 Å². The van der Waals surface area contributed by atoms with Crippen molar-refractivity contribution >= 4 is 23.2 Å². The number of phenols is 1. The van der Waals surface area contributed by atoms with Crippen molar-refractivity contribution in [2.45, 2.75) is 0 Å². The van der Waals surface area contributed by atoms with E-state index in [1.807, 2.05) is 30.3 Å². The quantitative estimate of drug-likeness (QED) is 0.499. The lowest BCUT2D eigenvalue weighted by molar-refractivity contribution is 0.0740. The summed E-state index contributed by atoms with van der Waals surface area (Å²) in [4.78, 5) is 17.2. The topological polar surface area (TPSA) is 74.7 Å². The maximum Gasteiger partial charge on any atom is 0.274 e. The molecule has 5 rings (SSSR count). The van der Waals surface area contributed by atoms with Gasteiger partial charge in [-0.1, -0.05) is 23.7 Å². The Morgan fingerprint density at radius 2 is 1.72 bits per heavy atom. The molecule has 2 aromatic carbocycles. The minimum atomic E-state index is -0.130. The number of hydrogen-bond acceptors (Lipinski definition) is 5. The average Bonchev–Trinajstić information content (AvgIpc) is 3.49. The normalized spacial score (nSPS) is 14.0. The lowest BCUT2D eigenvalue weighted by atomic mass is 10.2. The first kappa shape index (κ1) is 20.2. The van der Waals surface area contributed by atoms with Gasteiger partial charge in [-0.3, -0.25) is 4.79 Å². The van der Waals surface area contributed by atoms with Crippen molar-refractivity contribution in [1.82, 2.24) is 14.7 Å². The zero-order valence-corrected chi connectivity index (χ0v) is 17.9. The fourth-order valence-electron chi connectivity index (χ4n) is 3.91. The van der Waals surface area contributed by atoms with E-state index < -0.39 is 0 Å². The first-order valence-electron chi connectivity index (χ1n) is 10.3. The summed E-state index contributed by atoms with van der Waals surface area (Å²) in [6, 6.07) is 19.9. The van der Waals surface area contributed by atoms with Gasteiger partial charge in [0.05, 0.1) is 12.0 Å². The number of aromatic hydroxyl groups is 1. The number of furan rings is 1. The molecule has 8 heteroatoms. The van der Waals surface area contributed by atoms with Crippen LogP contribution in [0.5, 0.6) is 5.75 Å². The highest BCUT2D eigenvalue weighted by Gasteiger charge is 2.26. The van der Waals surface area contributed by atoms with E-state index in [2.05, 4.69) is 10.00 Å². The minimum absolute atomic E-state index is 0.130. The van der Waals surface area contributed by atoms with E-state index in [1.54, 1.807) is 52.2 Å². The Hall–Kier alpha value is -3.71. The zero-order chi connectivity index (χ0) is 22.1. The fourth-order valence-corrected chi connectivity index (χ4v) is 4.09. The molecule has 7 nitrogen and oxygen atoms in total. The molecule has 1 aliphatic heterocycles. The van der Waals surface area contributed by atoms with Crippen LogP contribution in [-0.4, -0.2) is 51.9 Å². The number of anilines is 1. The molecule has 1 saturated heterocycles. The summed E-state index contributed by atoms with van der Waals surface area (Å²) in [6.07, 6.45) is 1.59. The van der Waals surface area contributed by atoms with Crippen molar-refractivity contribution in [3.63, 3.8) is 0 Å². The smallest absolute Gasteiger partial charge is 0.274 e. The molecule has 0 spiro atoms. The second kappa shape index (κ2) is 8.43. The highest BCUT2D eigenvalue weighted by atomic mass is 35.5. The van der Waals surface area contributed by atoms with Crippen molar-refractivity contribution < 1.29 is 14.3 Å². The third kappa shape index (κ3) is 3.94. The number of hydrogen-bond donors (Lipinski definition) is 1. The van der Waals surface area contributed by atoms with Crippen LogP contribution in [0, 0.1) is 0 Å². The van der Waals surface area contributed by atoms with E-state index in [9.17, 15) is 9.90 Å². The molecule has 1 fully saturated rings. The van der Waals surface area contributed by atoms with E-state index in [-0.39, 0.29) is 11.7 Å². The third-order valence-electron chi connectivity index (χ3n) is 5.52. The largest absolute Gasteiger partial charge is 0.508 e. The number of halogens is 1. The fraction of sp³-hybridized carbons (Fsp3) is 0.167. The van der Waals surface area contributed by atoms with Crippen LogP contribution in [0.4, 0.5) is 5.69 Å². The summed E-state index contributed by atoms with van der Waals surface area (Å²) in [5, 5.41) is 14.9. The highest BCUT2D eigenvalue weighted by molar-refractivity contribution is 6.30. The monoisotopic (exact) mass is 448 g/mol. The van der Waals surface area contributed by atoms with Crippen LogP contribution < -0.4 is 4.90 Å². The van der Waals surface area contributed by atoms with Crippen LogP contribution in [0.3, 0.4) is 0 Å². The van der Waals surface area contributed by atoms with Crippen molar-refractivity contribution in [1.29, 1.82) is 0 Å². The molecule has 0 atom stereocenters. The van der Waals surface area contributed by atoms with Gasteiger partial charge in [-0.25, -0.2) is 4.68 Å². The van der Waals surface area contributed by atoms with Crippen LogP contribution >= 0.6 is 11.6 Å². The number of piperazine rings is 1. The van der Waals surface area contributed by atoms with Gasteiger partial charge in [-0.15, -0.1) is 0 Å². The lowest BCUT2D eigenvalue weighted by Gasteiger charge is -2.35. The van der Waals surface area contributed by atoms with Crippen LogP contribution in [0.25, 0.3) is 17.1 Å². The number of amides is 1. The Morgan fingerprint density at radius 1 is 0.938 bits per heavy atom. The summed E-state index contributed by atoms with van der Waals surface area (Å²) in [5.74, 6) is 0.720. The first-order valence-corrected chi connectivity index (χ1v) is 10.7. The molecule has 0 saturated carbocycles. The third-order valence-corrected chi connectivity index (χ3v) is 5.75. The molecule has 1 N–H and O–H groups in total. The van der Waals surface area contributed by atoms with Gasteiger partial charge >= 0.3 is 0 Å². The van der Waals surface area contributed by atoms with Gasteiger partial charge in [0.2, 0.25) is 0 Å². The maximum atomic E-state index is 13.3. The summed E-state index contributed by atoms with van der Waals surface area (Å²) in [6.45, 7) is 2.48. The van der Waals surface area contributed by atoms with Crippen LogP contribution in [0.15, 0.2) is 77.4 Å². The van der Waals surface area contributed by atoms with Crippen LogP contribution in [0.2, 0.25) is 5.02 Å². The Morgan fingerprint density at radius 3 is 2.44 bits per heavy atom. The molecule has 0 bridgehead atoms. The van der Waals surface area contributed by atoms with Crippen LogP contribution in [0.1, 0.15) is 10.5 Å². The Bertz CT molecular complexity index is 1240. The van der Waals surface area contributed by atoms with Crippen LogP contribution in [-0.2, 0) is 0 Å². The van der Waals surface area contributed by atoms with Gasteiger partial charge in [0.25, 0.3) is 5.91 Å². The molecular formula is C24H21ClN4O3. The number of carbonyl (C=O) groups is 1. The summed E-state index contributed by atoms with van der Waals surface area (Å²) < 4.78 is 7.26. The lowest BCUT2D eigenvalue weighted by Crippen LogP contribution is -2.48. The predicted octanol–water partition coefficient (Wildman–Crippen LogP) is 4.45. The van der Waals surface area contributed by atoms with Gasteiger partial charge in [0, 0.05) is 49.0 Å². The maximum absolute atomic E-state index is 13.3. The summed E-state index contributed by atoms with van der Waals surface area (Å²) in [7, 11) is 0. The Balaban J connectivity index is 1.39. The van der Waals surface area contributed by atoms with E-state index in [0.717, 1.165) is 11.4 Å². The summed E-state index contributed by atoms with van der Waals surface area (Å²) in [5.41, 5.74) is 2.72. The molecule has 32 heavy (non-hydrogen) atoms. The molecule has 4 aromatic rings. The molecule has 1 aliphatic rings. The number of nitrogens with zero attached hydrogens (tertiary/aromatic N) is 4. The highest BCUT2D eigenvalue weighted by Crippen LogP contribution is 2.27. The second-order valence-electron chi connectivity index (χ2n) is 7.58. The van der Waals surface area contributed by atoms with E-state index in [4.69, 9.17) is 16.0 Å². The second-order valence-corrected chi connectivity index (χ2v) is 8.02. The van der Waals surface area contributed by atoms with Gasteiger partial charge in [0.1, 0.15) is 11.4 Å².